The first kappa shape index (κ1) is 10.7. The minimum Gasteiger partial charge on any atom is -0.390 e. The quantitative estimate of drug-likeness (QED) is 0.824. The van der Waals surface area contributed by atoms with Crippen molar-refractivity contribution in [3.05, 3.63) is 18.2 Å². The molecular formula is C12H20N2O. The van der Waals surface area contributed by atoms with Gasteiger partial charge < -0.3 is 9.67 Å². The Morgan fingerprint density at radius 2 is 2.47 bits per heavy atom. The SMILES string of the molecule is CC1CCCC1(O)CCc1nccn1C. The standard InChI is InChI=1S/C12H20N2O/c1-10-4-3-6-12(10,15)7-5-11-13-8-9-14(11)2/h8-10,15H,3-7H2,1-2H3. The molecule has 1 N–H and O–H groups in total. The number of rotatable bonds is 3. The Hall–Kier alpha value is -0.830. The van der Waals surface area contributed by atoms with Gasteiger partial charge in [0.25, 0.3) is 0 Å². The van der Waals surface area contributed by atoms with Crippen molar-refractivity contribution in [2.75, 3.05) is 0 Å². The summed E-state index contributed by atoms with van der Waals surface area (Å²) in [6.07, 6.45) is 8.78. The van der Waals surface area contributed by atoms with Crippen molar-refractivity contribution in [1.82, 2.24) is 9.55 Å². The molecule has 0 radical (unpaired) electrons. The molecule has 0 aromatic carbocycles. The molecule has 2 atom stereocenters. The molecule has 1 saturated carbocycles. The van der Waals surface area contributed by atoms with E-state index >= 15 is 0 Å². The number of aliphatic hydroxyl groups is 1. The minimum atomic E-state index is -0.439. The van der Waals surface area contributed by atoms with E-state index in [2.05, 4.69) is 11.9 Å². The van der Waals surface area contributed by atoms with Crippen LogP contribution >= 0.6 is 0 Å². The van der Waals surface area contributed by atoms with E-state index in [1.165, 1.54) is 0 Å². The van der Waals surface area contributed by atoms with Crippen molar-refractivity contribution in [3.63, 3.8) is 0 Å². The monoisotopic (exact) mass is 208 g/mol. The first-order chi connectivity index (χ1) is 7.12. The molecule has 0 spiro atoms. The number of aryl methyl sites for hydroxylation is 2. The van der Waals surface area contributed by atoms with Gasteiger partial charge in [-0.3, -0.25) is 0 Å². The van der Waals surface area contributed by atoms with Gasteiger partial charge in [-0.05, 0) is 25.2 Å². The van der Waals surface area contributed by atoms with Crippen LogP contribution in [0.4, 0.5) is 0 Å². The Morgan fingerprint density at radius 3 is 3.00 bits per heavy atom. The van der Waals surface area contributed by atoms with Crippen molar-refractivity contribution in [3.8, 4) is 0 Å². The Kier molecular flexibility index (Phi) is 2.83. The summed E-state index contributed by atoms with van der Waals surface area (Å²) in [6.45, 7) is 2.16. The molecule has 1 heterocycles. The van der Waals surface area contributed by atoms with E-state index in [0.29, 0.717) is 5.92 Å². The molecule has 2 unspecified atom stereocenters. The van der Waals surface area contributed by atoms with Gasteiger partial charge in [-0.15, -0.1) is 0 Å². The van der Waals surface area contributed by atoms with Crippen LogP contribution in [0, 0.1) is 5.92 Å². The molecule has 1 fully saturated rings. The van der Waals surface area contributed by atoms with Crippen LogP contribution in [0.1, 0.15) is 38.4 Å². The van der Waals surface area contributed by atoms with Crippen LogP contribution in [0.15, 0.2) is 12.4 Å². The smallest absolute Gasteiger partial charge is 0.108 e. The minimum absolute atomic E-state index is 0.439. The Balaban J connectivity index is 1.96. The zero-order chi connectivity index (χ0) is 10.9. The lowest BCUT2D eigenvalue weighted by Crippen LogP contribution is -2.32. The molecule has 15 heavy (non-hydrogen) atoms. The summed E-state index contributed by atoms with van der Waals surface area (Å²) in [5.41, 5.74) is -0.439. The molecule has 2 rings (SSSR count). The van der Waals surface area contributed by atoms with Crippen LogP contribution in [-0.4, -0.2) is 20.3 Å². The molecule has 0 amide bonds. The summed E-state index contributed by atoms with van der Waals surface area (Å²) in [4.78, 5) is 4.28. The largest absolute Gasteiger partial charge is 0.390 e. The third-order valence-electron chi connectivity index (χ3n) is 3.87. The average molecular weight is 208 g/mol. The molecule has 0 saturated heterocycles. The Bertz CT molecular complexity index is 334. The van der Waals surface area contributed by atoms with Crippen LogP contribution < -0.4 is 0 Å². The van der Waals surface area contributed by atoms with Crippen LogP contribution in [0.5, 0.6) is 0 Å². The highest BCUT2D eigenvalue weighted by atomic mass is 16.3. The van der Waals surface area contributed by atoms with E-state index in [1.807, 2.05) is 24.0 Å². The number of nitrogens with zero attached hydrogens (tertiary/aromatic N) is 2. The molecule has 1 aliphatic rings. The average Bonchev–Trinajstić information content (AvgIpc) is 2.73. The van der Waals surface area contributed by atoms with Gasteiger partial charge in [-0.25, -0.2) is 4.98 Å². The molecule has 1 aromatic heterocycles. The molecule has 3 heteroatoms. The van der Waals surface area contributed by atoms with Gasteiger partial charge in [-0.2, -0.15) is 0 Å². The summed E-state index contributed by atoms with van der Waals surface area (Å²) in [5, 5.41) is 10.4. The summed E-state index contributed by atoms with van der Waals surface area (Å²) < 4.78 is 2.03. The second-order valence-electron chi connectivity index (χ2n) is 4.85. The first-order valence-corrected chi connectivity index (χ1v) is 5.80. The van der Waals surface area contributed by atoms with Gasteiger partial charge in [0, 0.05) is 25.9 Å². The zero-order valence-electron chi connectivity index (χ0n) is 9.61. The van der Waals surface area contributed by atoms with E-state index in [4.69, 9.17) is 0 Å². The topological polar surface area (TPSA) is 38.1 Å². The lowest BCUT2D eigenvalue weighted by molar-refractivity contribution is 0.000767. The second-order valence-corrected chi connectivity index (χ2v) is 4.85. The third-order valence-corrected chi connectivity index (χ3v) is 3.87. The second kappa shape index (κ2) is 3.97. The number of hydrogen-bond donors (Lipinski definition) is 1. The molecule has 84 valence electrons. The fourth-order valence-electron chi connectivity index (χ4n) is 2.57. The molecular weight excluding hydrogens is 188 g/mol. The predicted molar refractivity (Wildman–Crippen MR) is 59.5 cm³/mol. The number of imidazole rings is 1. The maximum atomic E-state index is 10.4. The van der Waals surface area contributed by atoms with Gasteiger partial charge in [0.2, 0.25) is 0 Å². The van der Waals surface area contributed by atoms with Gasteiger partial charge >= 0.3 is 0 Å². The van der Waals surface area contributed by atoms with Gasteiger partial charge in [0.05, 0.1) is 5.60 Å². The van der Waals surface area contributed by atoms with E-state index in [1.54, 1.807) is 0 Å². The van der Waals surface area contributed by atoms with E-state index < -0.39 is 5.60 Å². The van der Waals surface area contributed by atoms with Crippen LogP contribution in [0.2, 0.25) is 0 Å². The first-order valence-electron chi connectivity index (χ1n) is 5.80. The van der Waals surface area contributed by atoms with Crippen molar-refractivity contribution >= 4 is 0 Å². The van der Waals surface area contributed by atoms with Crippen LogP contribution in [0.3, 0.4) is 0 Å². The highest BCUT2D eigenvalue weighted by Crippen LogP contribution is 2.38. The molecule has 3 nitrogen and oxygen atoms in total. The van der Waals surface area contributed by atoms with Crippen molar-refractivity contribution in [2.24, 2.45) is 13.0 Å². The van der Waals surface area contributed by atoms with Crippen molar-refractivity contribution in [2.45, 2.75) is 44.6 Å². The molecule has 0 bridgehead atoms. The molecule has 1 aromatic rings. The molecule has 1 aliphatic carbocycles. The highest BCUT2D eigenvalue weighted by Gasteiger charge is 2.37. The lowest BCUT2D eigenvalue weighted by atomic mass is 9.88. The summed E-state index contributed by atoms with van der Waals surface area (Å²) in [5.74, 6) is 1.51. The van der Waals surface area contributed by atoms with E-state index in [0.717, 1.165) is 37.9 Å². The Labute approximate surface area is 91.1 Å². The lowest BCUT2D eigenvalue weighted by Gasteiger charge is -2.27. The molecule has 0 aliphatic heterocycles. The number of hydrogen-bond acceptors (Lipinski definition) is 2. The van der Waals surface area contributed by atoms with Crippen LogP contribution in [-0.2, 0) is 13.5 Å². The summed E-state index contributed by atoms with van der Waals surface area (Å²) in [7, 11) is 2.00. The number of aromatic nitrogens is 2. The van der Waals surface area contributed by atoms with Gasteiger partial charge in [0.1, 0.15) is 5.82 Å². The normalized spacial score (nSPS) is 31.0. The van der Waals surface area contributed by atoms with E-state index in [9.17, 15) is 5.11 Å². The fraction of sp³-hybridized carbons (Fsp3) is 0.750. The predicted octanol–water partition coefficient (Wildman–Crippen LogP) is 1.90. The van der Waals surface area contributed by atoms with Crippen LogP contribution in [0.25, 0.3) is 0 Å². The maximum absolute atomic E-state index is 10.4. The zero-order valence-corrected chi connectivity index (χ0v) is 9.61. The third kappa shape index (κ3) is 2.07. The fourth-order valence-corrected chi connectivity index (χ4v) is 2.57. The van der Waals surface area contributed by atoms with Crippen molar-refractivity contribution in [1.29, 1.82) is 0 Å². The highest BCUT2D eigenvalue weighted by molar-refractivity contribution is 4.96. The van der Waals surface area contributed by atoms with E-state index in [-0.39, 0.29) is 0 Å². The summed E-state index contributed by atoms with van der Waals surface area (Å²) >= 11 is 0. The Morgan fingerprint density at radius 1 is 1.67 bits per heavy atom. The van der Waals surface area contributed by atoms with Crippen molar-refractivity contribution < 1.29 is 5.11 Å². The van der Waals surface area contributed by atoms with Gasteiger partial charge in [-0.1, -0.05) is 13.3 Å². The van der Waals surface area contributed by atoms with Gasteiger partial charge in [0.15, 0.2) is 0 Å². The summed E-state index contributed by atoms with van der Waals surface area (Å²) in [6, 6.07) is 0. The maximum Gasteiger partial charge on any atom is 0.108 e.